The molecule has 0 aliphatic rings. The van der Waals surface area contributed by atoms with Crippen molar-refractivity contribution < 1.29 is 4.74 Å². The highest BCUT2D eigenvalue weighted by molar-refractivity contribution is 9.10. The number of benzene rings is 1. The Bertz CT molecular complexity index is 583. The summed E-state index contributed by atoms with van der Waals surface area (Å²) in [7, 11) is 0. The molecule has 0 fully saturated rings. The molecule has 4 nitrogen and oxygen atoms in total. The summed E-state index contributed by atoms with van der Waals surface area (Å²) >= 11 is 9.46. The number of aromatic nitrogens is 2. The summed E-state index contributed by atoms with van der Waals surface area (Å²) in [5, 5.41) is 4.82. The summed E-state index contributed by atoms with van der Waals surface area (Å²) in [6, 6.07) is 5.40. The minimum absolute atomic E-state index is 0.523. The van der Waals surface area contributed by atoms with Crippen LogP contribution in [0.15, 0.2) is 22.7 Å². The lowest BCUT2D eigenvalue weighted by molar-refractivity contribution is 0.418. The third-order valence-electron chi connectivity index (χ3n) is 2.52. The Morgan fingerprint density at radius 1 is 1.50 bits per heavy atom. The Labute approximate surface area is 119 Å². The number of nitrogen functional groups attached to an aromatic ring is 1. The summed E-state index contributed by atoms with van der Waals surface area (Å²) in [4.78, 5) is 0. The first-order chi connectivity index (χ1) is 8.52. The average Bonchev–Trinajstić information content (AvgIpc) is 2.61. The summed E-state index contributed by atoms with van der Waals surface area (Å²) < 4.78 is 8.38. The topological polar surface area (TPSA) is 53.1 Å². The molecule has 2 aromatic rings. The summed E-state index contributed by atoms with van der Waals surface area (Å²) in [6.45, 7) is 4.50. The second-order valence-electron chi connectivity index (χ2n) is 3.80. The Morgan fingerprint density at radius 2 is 2.22 bits per heavy atom. The van der Waals surface area contributed by atoms with Crippen LogP contribution in [-0.2, 0) is 6.54 Å². The minimum atomic E-state index is 0.523. The van der Waals surface area contributed by atoms with Crippen LogP contribution in [0.25, 0.3) is 0 Å². The van der Waals surface area contributed by atoms with Crippen LogP contribution in [0.4, 0.5) is 5.69 Å². The van der Waals surface area contributed by atoms with Crippen molar-refractivity contribution >= 4 is 33.2 Å². The predicted molar refractivity (Wildman–Crippen MR) is 76.3 cm³/mol. The Hall–Kier alpha value is -1.20. The van der Waals surface area contributed by atoms with E-state index in [0.717, 1.165) is 10.2 Å². The maximum atomic E-state index is 6.08. The van der Waals surface area contributed by atoms with E-state index in [9.17, 15) is 0 Å². The minimum Gasteiger partial charge on any atom is -0.436 e. The lowest BCUT2D eigenvalue weighted by atomic mass is 10.3. The molecule has 2 N–H and O–H groups in total. The van der Waals surface area contributed by atoms with Gasteiger partial charge in [-0.3, -0.25) is 0 Å². The molecule has 6 heteroatoms. The van der Waals surface area contributed by atoms with Gasteiger partial charge in [0.25, 0.3) is 0 Å². The van der Waals surface area contributed by atoms with Crippen LogP contribution in [0, 0.1) is 6.92 Å². The van der Waals surface area contributed by atoms with E-state index in [2.05, 4.69) is 21.0 Å². The smallest absolute Gasteiger partial charge is 0.241 e. The molecule has 0 bridgehead atoms. The zero-order valence-electron chi connectivity index (χ0n) is 10.1. The van der Waals surface area contributed by atoms with Crippen LogP contribution < -0.4 is 10.5 Å². The third-order valence-corrected chi connectivity index (χ3v) is 3.33. The van der Waals surface area contributed by atoms with Crippen molar-refractivity contribution in [1.82, 2.24) is 9.78 Å². The Morgan fingerprint density at radius 3 is 2.89 bits per heavy atom. The fourth-order valence-electron chi connectivity index (χ4n) is 1.56. The highest BCUT2D eigenvalue weighted by atomic mass is 79.9. The summed E-state index contributed by atoms with van der Waals surface area (Å²) in [5.41, 5.74) is 7.24. The average molecular weight is 331 g/mol. The quantitative estimate of drug-likeness (QED) is 0.925. The van der Waals surface area contributed by atoms with E-state index in [-0.39, 0.29) is 0 Å². The molecule has 0 saturated carbocycles. The number of nitrogens with two attached hydrogens (primary N) is 1. The van der Waals surface area contributed by atoms with Crippen LogP contribution in [0.1, 0.15) is 12.6 Å². The molecule has 2 rings (SSSR count). The van der Waals surface area contributed by atoms with Gasteiger partial charge in [-0.15, -0.1) is 0 Å². The maximum absolute atomic E-state index is 6.08. The highest BCUT2D eigenvalue weighted by Crippen LogP contribution is 2.35. The number of nitrogens with zero attached hydrogens (tertiary/aromatic N) is 2. The molecule has 0 amide bonds. The van der Waals surface area contributed by atoms with E-state index < -0.39 is 0 Å². The van der Waals surface area contributed by atoms with Crippen molar-refractivity contribution in [2.24, 2.45) is 0 Å². The predicted octanol–water partition coefficient (Wildman–Crippen LogP) is 4.00. The van der Waals surface area contributed by atoms with Crippen molar-refractivity contribution in [2.45, 2.75) is 20.4 Å². The van der Waals surface area contributed by atoms with Gasteiger partial charge in [-0.05, 0) is 32.0 Å². The number of hydrogen-bond donors (Lipinski definition) is 1. The van der Waals surface area contributed by atoms with E-state index in [0.29, 0.717) is 28.9 Å². The Balaban J connectivity index is 2.42. The van der Waals surface area contributed by atoms with Crippen LogP contribution >= 0.6 is 27.5 Å². The van der Waals surface area contributed by atoms with Crippen molar-refractivity contribution in [2.75, 3.05) is 5.73 Å². The first kappa shape index (κ1) is 13.2. The van der Waals surface area contributed by atoms with Crippen molar-refractivity contribution in [3.63, 3.8) is 0 Å². The molecule has 1 aromatic carbocycles. The van der Waals surface area contributed by atoms with Crippen molar-refractivity contribution in [1.29, 1.82) is 0 Å². The van der Waals surface area contributed by atoms with E-state index >= 15 is 0 Å². The van der Waals surface area contributed by atoms with Gasteiger partial charge in [0.2, 0.25) is 5.88 Å². The van der Waals surface area contributed by atoms with Crippen LogP contribution in [0.3, 0.4) is 0 Å². The van der Waals surface area contributed by atoms with E-state index in [1.54, 1.807) is 16.8 Å². The molecule has 0 atom stereocenters. The lowest BCUT2D eigenvalue weighted by Crippen LogP contribution is -2.01. The molecular formula is C12H13BrClN3O. The van der Waals surface area contributed by atoms with Gasteiger partial charge in [-0.1, -0.05) is 27.5 Å². The van der Waals surface area contributed by atoms with Gasteiger partial charge in [-0.2, -0.15) is 5.10 Å². The number of ether oxygens (including phenoxy) is 1. The standard InChI is InChI=1S/C12H13BrClN3O/c1-3-17-12(11(15)7(2)16-17)18-10-6-8(13)4-5-9(10)14/h4-6H,3,15H2,1-2H3. The molecule has 0 aliphatic carbocycles. The van der Waals surface area contributed by atoms with Gasteiger partial charge < -0.3 is 10.5 Å². The molecule has 18 heavy (non-hydrogen) atoms. The SMILES string of the molecule is CCn1nc(C)c(N)c1Oc1cc(Br)ccc1Cl. The second kappa shape index (κ2) is 5.20. The van der Waals surface area contributed by atoms with Crippen LogP contribution in [0.5, 0.6) is 11.6 Å². The van der Waals surface area contributed by atoms with E-state index in [1.807, 2.05) is 19.9 Å². The largest absolute Gasteiger partial charge is 0.436 e. The monoisotopic (exact) mass is 329 g/mol. The van der Waals surface area contributed by atoms with Crippen molar-refractivity contribution in [3.8, 4) is 11.6 Å². The number of halogens is 2. The normalized spacial score (nSPS) is 10.7. The Kier molecular flexibility index (Phi) is 3.82. The van der Waals surface area contributed by atoms with E-state index in [4.69, 9.17) is 22.1 Å². The first-order valence-electron chi connectivity index (χ1n) is 5.48. The molecule has 0 spiro atoms. The molecule has 96 valence electrons. The first-order valence-corrected chi connectivity index (χ1v) is 6.65. The highest BCUT2D eigenvalue weighted by Gasteiger charge is 2.15. The molecule has 1 heterocycles. The van der Waals surface area contributed by atoms with Gasteiger partial charge in [0.05, 0.1) is 10.7 Å². The molecular weight excluding hydrogens is 318 g/mol. The van der Waals surface area contributed by atoms with Gasteiger partial charge in [0.1, 0.15) is 11.4 Å². The summed E-state index contributed by atoms with van der Waals surface area (Å²) in [5.74, 6) is 1.07. The number of anilines is 1. The summed E-state index contributed by atoms with van der Waals surface area (Å²) in [6.07, 6.45) is 0. The zero-order valence-corrected chi connectivity index (χ0v) is 12.4. The van der Waals surface area contributed by atoms with Gasteiger partial charge in [0.15, 0.2) is 0 Å². The second-order valence-corrected chi connectivity index (χ2v) is 5.12. The van der Waals surface area contributed by atoms with E-state index in [1.165, 1.54) is 0 Å². The van der Waals surface area contributed by atoms with Gasteiger partial charge in [0, 0.05) is 11.0 Å². The van der Waals surface area contributed by atoms with Crippen LogP contribution in [-0.4, -0.2) is 9.78 Å². The molecule has 1 aromatic heterocycles. The third kappa shape index (κ3) is 2.47. The fraction of sp³-hybridized carbons (Fsp3) is 0.250. The number of rotatable bonds is 3. The molecule has 0 radical (unpaired) electrons. The lowest BCUT2D eigenvalue weighted by Gasteiger charge is -2.10. The molecule has 0 unspecified atom stereocenters. The number of aryl methyl sites for hydroxylation is 2. The maximum Gasteiger partial charge on any atom is 0.241 e. The van der Waals surface area contributed by atoms with Crippen molar-refractivity contribution in [3.05, 3.63) is 33.4 Å². The fourth-order valence-corrected chi connectivity index (χ4v) is 2.05. The molecule has 0 aliphatic heterocycles. The molecule has 0 saturated heterocycles. The van der Waals surface area contributed by atoms with Crippen LogP contribution in [0.2, 0.25) is 5.02 Å². The van der Waals surface area contributed by atoms with Gasteiger partial charge >= 0.3 is 0 Å². The number of hydrogen-bond acceptors (Lipinski definition) is 3. The zero-order chi connectivity index (χ0) is 13.3. The van der Waals surface area contributed by atoms with Gasteiger partial charge in [-0.25, -0.2) is 4.68 Å².